The smallest absolute Gasteiger partial charge is 0.231 e. The second-order valence-corrected chi connectivity index (χ2v) is 5.60. The van der Waals surface area contributed by atoms with Crippen molar-refractivity contribution in [3.05, 3.63) is 28.8 Å². The summed E-state index contributed by atoms with van der Waals surface area (Å²) in [6.07, 6.45) is 3.65. The number of hydrogen-bond acceptors (Lipinski definition) is 2. The molecule has 1 aliphatic carbocycles. The van der Waals surface area contributed by atoms with Crippen LogP contribution in [0.2, 0.25) is 0 Å². The number of aryl methyl sites for hydroxylation is 1. The van der Waals surface area contributed by atoms with Crippen LogP contribution >= 0.6 is 0 Å². The van der Waals surface area contributed by atoms with Crippen LogP contribution in [0.4, 0.5) is 5.69 Å². The van der Waals surface area contributed by atoms with Crippen LogP contribution in [-0.2, 0) is 17.6 Å². The minimum atomic E-state index is -0.00591. The van der Waals surface area contributed by atoms with Gasteiger partial charge in [0.2, 0.25) is 5.91 Å². The van der Waals surface area contributed by atoms with Crippen LogP contribution in [0.3, 0.4) is 0 Å². The Hall–Kier alpha value is -1.35. The molecule has 1 fully saturated rings. The highest BCUT2D eigenvalue weighted by atomic mass is 16.2. The summed E-state index contributed by atoms with van der Waals surface area (Å²) in [5, 5.41) is 0. The molecule has 2 aliphatic rings. The van der Waals surface area contributed by atoms with Crippen LogP contribution in [0.5, 0.6) is 0 Å². The number of likely N-dealkylation sites (N-methyl/N-ethyl adjacent to an activating group) is 1. The monoisotopic (exact) mass is 230 g/mol. The fraction of sp³-hybridized carbons (Fsp3) is 0.500. The third kappa shape index (κ3) is 1.75. The number of nitrogens with zero attached hydrogens (tertiary/aromatic N) is 1. The quantitative estimate of drug-likeness (QED) is 0.838. The molecule has 1 amide bonds. The molecule has 0 radical (unpaired) electrons. The molecule has 0 saturated heterocycles. The number of rotatable bonds is 2. The largest absolute Gasteiger partial charge is 0.325 e. The van der Waals surface area contributed by atoms with E-state index in [9.17, 15) is 4.79 Å². The normalized spacial score (nSPS) is 20.6. The number of anilines is 1. The van der Waals surface area contributed by atoms with Gasteiger partial charge in [-0.05, 0) is 37.3 Å². The number of carbonyl (C=O) groups excluding carboxylic acids is 1. The van der Waals surface area contributed by atoms with Crippen LogP contribution in [0.1, 0.15) is 29.5 Å². The Morgan fingerprint density at radius 1 is 1.41 bits per heavy atom. The molecule has 3 nitrogen and oxygen atoms in total. The first-order valence-corrected chi connectivity index (χ1v) is 6.16. The van der Waals surface area contributed by atoms with Crippen molar-refractivity contribution in [1.82, 2.24) is 0 Å². The Bertz CT molecular complexity index is 503. The van der Waals surface area contributed by atoms with E-state index in [4.69, 9.17) is 5.73 Å². The predicted octanol–water partition coefficient (Wildman–Crippen LogP) is 1.55. The van der Waals surface area contributed by atoms with Crippen molar-refractivity contribution >= 4 is 11.6 Å². The van der Waals surface area contributed by atoms with Gasteiger partial charge in [-0.25, -0.2) is 0 Å². The van der Waals surface area contributed by atoms with Crippen molar-refractivity contribution in [2.75, 3.05) is 11.9 Å². The molecular weight excluding hydrogens is 212 g/mol. The molecule has 0 unspecified atom stereocenters. The van der Waals surface area contributed by atoms with Crippen LogP contribution in [0.25, 0.3) is 0 Å². The summed E-state index contributed by atoms with van der Waals surface area (Å²) in [5.41, 5.74) is 10.9. The van der Waals surface area contributed by atoms with Crippen molar-refractivity contribution in [3.8, 4) is 0 Å². The minimum Gasteiger partial charge on any atom is -0.325 e. The molecule has 3 heteroatoms. The van der Waals surface area contributed by atoms with Crippen molar-refractivity contribution in [1.29, 1.82) is 0 Å². The summed E-state index contributed by atoms with van der Waals surface area (Å²) in [6, 6.07) is 4.30. The summed E-state index contributed by atoms with van der Waals surface area (Å²) in [5.74, 6) is 0.189. The summed E-state index contributed by atoms with van der Waals surface area (Å²) >= 11 is 0. The first-order chi connectivity index (χ1) is 7.98. The van der Waals surface area contributed by atoms with Gasteiger partial charge in [0.15, 0.2) is 0 Å². The Labute approximate surface area is 102 Å². The molecule has 0 bridgehead atoms. The van der Waals surface area contributed by atoms with E-state index < -0.39 is 0 Å². The Kier molecular flexibility index (Phi) is 2.11. The highest BCUT2D eigenvalue weighted by Gasteiger charge is 2.40. The molecule has 90 valence electrons. The Morgan fingerprint density at radius 2 is 2.12 bits per heavy atom. The summed E-state index contributed by atoms with van der Waals surface area (Å²) in [7, 11) is 1.86. The van der Waals surface area contributed by atoms with E-state index in [-0.39, 0.29) is 11.4 Å². The van der Waals surface area contributed by atoms with E-state index >= 15 is 0 Å². The maximum absolute atomic E-state index is 11.8. The maximum atomic E-state index is 11.8. The number of benzene rings is 1. The highest BCUT2D eigenvalue weighted by molar-refractivity contribution is 6.02. The maximum Gasteiger partial charge on any atom is 0.231 e. The first-order valence-electron chi connectivity index (χ1n) is 6.16. The lowest BCUT2D eigenvalue weighted by Crippen LogP contribution is -2.27. The van der Waals surface area contributed by atoms with Gasteiger partial charge >= 0.3 is 0 Å². The molecule has 3 rings (SSSR count). The molecule has 0 spiro atoms. The second kappa shape index (κ2) is 3.33. The zero-order valence-corrected chi connectivity index (χ0v) is 10.4. The number of fused-ring (bicyclic) bond motifs is 1. The fourth-order valence-electron chi connectivity index (χ4n) is 2.76. The van der Waals surface area contributed by atoms with Crippen molar-refractivity contribution in [2.24, 2.45) is 5.73 Å². The van der Waals surface area contributed by atoms with Crippen LogP contribution in [0, 0.1) is 6.92 Å². The number of hydrogen-bond donors (Lipinski definition) is 1. The van der Waals surface area contributed by atoms with E-state index in [0.717, 1.165) is 30.5 Å². The topological polar surface area (TPSA) is 46.3 Å². The Balaban J connectivity index is 2.06. The third-order valence-corrected chi connectivity index (χ3v) is 3.90. The van der Waals surface area contributed by atoms with Gasteiger partial charge in [-0.3, -0.25) is 4.79 Å². The van der Waals surface area contributed by atoms with Crippen LogP contribution < -0.4 is 10.6 Å². The van der Waals surface area contributed by atoms with E-state index in [1.165, 1.54) is 11.1 Å². The lowest BCUT2D eigenvalue weighted by Gasteiger charge is -2.18. The minimum absolute atomic E-state index is 0.00591. The number of nitrogens with two attached hydrogens (primary N) is 1. The molecule has 0 atom stereocenters. The SMILES string of the molecule is Cc1cc2c(c(CC3(N)CC3)c1)N(C)C(=O)C2. The molecular formula is C14H18N2O. The lowest BCUT2D eigenvalue weighted by molar-refractivity contribution is -0.117. The van der Waals surface area contributed by atoms with Crippen molar-refractivity contribution < 1.29 is 4.79 Å². The van der Waals surface area contributed by atoms with Gasteiger partial charge in [0.1, 0.15) is 0 Å². The second-order valence-electron chi connectivity index (χ2n) is 5.60. The van der Waals surface area contributed by atoms with E-state index in [1.54, 1.807) is 4.90 Å². The molecule has 1 aromatic rings. The first kappa shape index (κ1) is 10.8. The fourth-order valence-corrected chi connectivity index (χ4v) is 2.76. The lowest BCUT2D eigenvalue weighted by atomic mass is 9.97. The average molecular weight is 230 g/mol. The molecule has 17 heavy (non-hydrogen) atoms. The van der Waals surface area contributed by atoms with Crippen molar-refractivity contribution in [3.63, 3.8) is 0 Å². The van der Waals surface area contributed by atoms with Gasteiger partial charge in [-0.15, -0.1) is 0 Å². The van der Waals surface area contributed by atoms with E-state index in [1.807, 2.05) is 7.05 Å². The summed E-state index contributed by atoms with van der Waals surface area (Å²) in [6.45, 7) is 2.09. The van der Waals surface area contributed by atoms with Crippen LogP contribution in [0.15, 0.2) is 12.1 Å². The number of carbonyl (C=O) groups is 1. The van der Waals surface area contributed by atoms with Gasteiger partial charge in [0, 0.05) is 12.6 Å². The molecule has 1 aromatic carbocycles. The zero-order chi connectivity index (χ0) is 12.2. The summed E-state index contributed by atoms with van der Waals surface area (Å²) in [4.78, 5) is 13.6. The highest BCUT2D eigenvalue weighted by Crippen LogP contribution is 2.40. The molecule has 0 aromatic heterocycles. The Morgan fingerprint density at radius 3 is 2.76 bits per heavy atom. The van der Waals surface area contributed by atoms with E-state index in [2.05, 4.69) is 19.1 Å². The molecule has 1 saturated carbocycles. The average Bonchev–Trinajstić information content (AvgIpc) is 2.87. The van der Waals surface area contributed by atoms with Gasteiger partial charge in [0.25, 0.3) is 0 Å². The molecule has 1 heterocycles. The van der Waals surface area contributed by atoms with Crippen LogP contribution in [-0.4, -0.2) is 18.5 Å². The van der Waals surface area contributed by atoms with Gasteiger partial charge < -0.3 is 10.6 Å². The zero-order valence-electron chi connectivity index (χ0n) is 10.4. The predicted molar refractivity (Wildman–Crippen MR) is 68.1 cm³/mol. The van der Waals surface area contributed by atoms with E-state index in [0.29, 0.717) is 6.42 Å². The van der Waals surface area contributed by atoms with Gasteiger partial charge in [-0.1, -0.05) is 17.7 Å². The standard InChI is InChI=1S/C14H18N2O/c1-9-5-10-7-12(17)16(2)13(10)11(6-9)8-14(15)3-4-14/h5-6H,3-4,7-8,15H2,1-2H3. The molecule has 1 aliphatic heterocycles. The number of amides is 1. The summed E-state index contributed by atoms with van der Waals surface area (Å²) < 4.78 is 0. The van der Waals surface area contributed by atoms with Gasteiger partial charge in [0.05, 0.1) is 12.1 Å². The van der Waals surface area contributed by atoms with Gasteiger partial charge in [-0.2, -0.15) is 0 Å². The van der Waals surface area contributed by atoms with Crippen molar-refractivity contribution in [2.45, 2.75) is 38.1 Å². The third-order valence-electron chi connectivity index (χ3n) is 3.90. The molecule has 2 N–H and O–H groups in total.